The molecule has 2 saturated heterocycles. The predicted octanol–water partition coefficient (Wildman–Crippen LogP) is 0.965. The maximum absolute atomic E-state index is 12.7. The Morgan fingerprint density at radius 3 is 2.38 bits per heavy atom. The maximum atomic E-state index is 12.7. The molecule has 0 spiro atoms. The minimum Gasteiger partial charge on any atom is -0.333 e. The second-order valence-electron chi connectivity index (χ2n) is 7.07. The van der Waals surface area contributed by atoms with E-state index in [1.54, 1.807) is 8.61 Å². The van der Waals surface area contributed by atoms with Crippen LogP contribution in [0.5, 0.6) is 0 Å². The molecule has 2 fully saturated rings. The molecule has 2 aliphatic rings. The molecule has 0 atom stereocenters. The van der Waals surface area contributed by atoms with Crippen LogP contribution in [-0.2, 0) is 16.8 Å². The topological polar surface area (TPSA) is 61.7 Å². The van der Waals surface area contributed by atoms with Crippen LogP contribution in [0.15, 0.2) is 12.4 Å². The highest BCUT2D eigenvalue weighted by Gasteiger charge is 2.35. The SMILES string of the molecule is CN(C)CCn1ccnc1C1CCN(S(=O)(=O)N2CCCC2)CC1. The second-order valence-corrected chi connectivity index (χ2v) is 9.00. The van der Waals surface area contributed by atoms with Crippen LogP contribution < -0.4 is 0 Å². The summed E-state index contributed by atoms with van der Waals surface area (Å²) in [6.07, 6.45) is 7.57. The molecular formula is C16H29N5O2S. The Balaban J connectivity index is 1.60. The molecule has 1 aromatic rings. The first kappa shape index (κ1) is 17.8. The summed E-state index contributed by atoms with van der Waals surface area (Å²) in [7, 11) is 0.883. The molecule has 24 heavy (non-hydrogen) atoms. The quantitative estimate of drug-likeness (QED) is 0.763. The monoisotopic (exact) mass is 355 g/mol. The molecule has 0 unspecified atom stereocenters. The average Bonchev–Trinajstić information content (AvgIpc) is 3.24. The van der Waals surface area contributed by atoms with Gasteiger partial charge in [-0.1, -0.05) is 0 Å². The highest BCUT2D eigenvalue weighted by atomic mass is 32.2. The van der Waals surface area contributed by atoms with E-state index in [9.17, 15) is 8.42 Å². The van der Waals surface area contributed by atoms with E-state index in [4.69, 9.17) is 0 Å². The van der Waals surface area contributed by atoms with Crippen molar-refractivity contribution in [1.29, 1.82) is 0 Å². The summed E-state index contributed by atoms with van der Waals surface area (Å²) in [6.45, 7) is 4.46. The zero-order valence-corrected chi connectivity index (χ0v) is 15.6. The average molecular weight is 356 g/mol. The zero-order valence-electron chi connectivity index (χ0n) is 14.8. The van der Waals surface area contributed by atoms with Crippen molar-refractivity contribution in [2.75, 3.05) is 46.8 Å². The van der Waals surface area contributed by atoms with Gasteiger partial charge in [-0.05, 0) is 39.8 Å². The van der Waals surface area contributed by atoms with Gasteiger partial charge in [0.25, 0.3) is 10.2 Å². The molecule has 0 aromatic carbocycles. The predicted molar refractivity (Wildman–Crippen MR) is 94.1 cm³/mol. The van der Waals surface area contributed by atoms with E-state index >= 15 is 0 Å². The summed E-state index contributed by atoms with van der Waals surface area (Å²) in [5.74, 6) is 1.46. The molecular weight excluding hydrogens is 326 g/mol. The number of piperidine rings is 1. The normalized spacial score (nSPS) is 21.8. The van der Waals surface area contributed by atoms with Gasteiger partial charge in [0.05, 0.1) is 0 Å². The van der Waals surface area contributed by atoms with Crippen molar-refractivity contribution < 1.29 is 8.42 Å². The van der Waals surface area contributed by atoms with Gasteiger partial charge in [-0.2, -0.15) is 17.0 Å². The second kappa shape index (κ2) is 7.51. The zero-order chi connectivity index (χ0) is 17.2. The van der Waals surface area contributed by atoms with Gasteiger partial charge in [0.1, 0.15) is 5.82 Å². The molecule has 0 bridgehead atoms. The number of aromatic nitrogens is 2. The summed E-state index contributed by atoms with van der Waals surface area (Å²) < 4.78 is 30.8. The van der Waals surface area contributed by atoms with E-state index in [1.807, 2.05) is 12.4 Å². The van der Waals surface area contributed by atoms with E-state index in [-0.39, 0.29) is 0 Å². The fourth-order valence-electron chi connectivity index (χ4n) is 3.60. The lowest BCUT2D eigenvalue weighted by atomic mass is 9.97. The minimum absolute atomic E-state index is 0.354. The van der Waals surface area contributed by atoms with Crippen LogP contribution in [0.3, 0.4) is 0 Å². The van der Waals surface area contributed by atoms with Crippen LogP contribution in [0.4, 0.5) is 0 Å². The van der Waals surface area contributed by atoms with Crippen LogP contribution in [0.2, 0.25) is 0 Å². The minimum atomic E-state index is -3.25. The van der Waals surface area contributed by atoms with Gasteiger partial charge in [0, 0.05) is 57.6 Å². The van der Waals surface area contributed by atoms with Gasteiger partial charge >= 0.3 is 0 Å². The lowest BCUT2D eigenvalue weighted by Crippen LogP contribution is -2.46. The number of imidazole rings is 1. The van der Waals surface area contributed by atoms with Gasteiger partial charge in [0.15, 0.2) is 0 Å². The van der Waals surface area contributed by atoms with E-state index in [0.29, 0.717) is 32.1 Å². The first-order valence-electron chi connectivity index (χ1n) is 8.89. The summed E-state index contributed by atoms with van der Waals surface area (Å²) in [5.41, 5.74) is 0. The molecule has 3 heterocycles. The third kappa shape index (κ3) is 3.82. The van der Waals surface area contributed by atoms with E-state index in [0.717, 1.165) is 44.6 Å². The first-order valence-corrected chi connectivity index (χ1v) is 10.3. The van der Waals surface area contributed by atoms with Gasteiger partial charge in [-0.15, -0.1) is 0 Å². The summed E-state index contributed by atoms with van der Waals surface area (Å²) in [6, 6.07) is 0. The van der Waals surface area contributed by atoms with Gasteiger partial charge in [-0.3, -0.25) is 0 Å². The summed E-state index contributed by atoms with van der Waals surface area (Å²) in [4.78, 5) is 6.71. The van der Waals surface area contributed by atoms with E-state index in [2.05, 4.69) is 28.5 Å². The third-order valence-corrected chi connectivity index (χ3v) is 7.11. The van der Waals surface area contributed by atoms with Crippen LogP contribution in [0.25, 0.3) is 0 Å². The summed E-state index contributed by atoms with van der Waals surface area (Å²) in [5, 5.41) is 0. The highest BCUT2D eigenvalue weighted by Crippen LogP contribution is 2.29. The van der Waals surface area contributed by atoms with Gasteiger partial charge in [0.2, 0.25) is 0 Å². The largest absolute Gasteiger partial charge is 0.333 e. The molecule has 7 nitrogen and oxygen atoms in total. The standard InChI is InChI=1S/C16H29N5O2S/c1-18(2)13-14-19-12-7-17-16(19)15-5-10-21(11-6-15)24(22,23)20-8-3-4-9-20/h7,12,15H,3-6,8-11,13-14H2,1-2H3. The molecule has 136 valence electrons. The highest BCUT2D eigenvalue weighted by molar-refractivity contribution is 7.86. The Kier molecular flexibility index (Phi) is 5.59. The van der Waals surface area contributed by atoms with E-state index < -0.39 is 10.2 Å². The Morgan fingerprint density at radius 1 is 1.12 bits per heavy atom. The number of hydrogen-bond acceptors (Lipinski definition) is 4. The van der Waals surface area contributed by atoms with Crippen LogP contribution in [0.1, 0.15) is 37.4 Å². The number of likely N-dealkylation sites (N-methyl/N-ethyl adjacent to an activating group) is 1. The molecule has 3 rings (SSSR count). The van der Waals surface area contributed by atoms with Crippen LogP contribution in [0, 0.1) is 0 Å². The molecule has 2 aliphatic heterocycles. The van der Waals surface area contributed by atoms with E-state index in [1.165, 1.54) is 0 Å². The molecule has 0 aliphatic carbocycles. The van der Waals surface area contributed by atoms with Crippen molar-refractivity contribution in [2.45, 2.75) is 38.1 Å². The van der Waals surface area contributed by atoms with Crippen molar-refractivity contribution in [1.82, 2.24) is 23.1 Å². The van der Waals surface area contributed by atoms with Gasteiger partial charge in [-0.25, -0.2) is 4.98 Å². The number of hydrogen-bond donors (Lipinski definition) is 0. The molecule has 0 saturated carbocycles. The fraction of sp³-hybridized carbons (Fsp3) is 0.812. The van der Waals surface area contributed by atoms with Crippen molar-refractivity contribution in [3.63, 3.8) is 0 Å². The lowest BCUT2D eigenvalue weighted by molar-refractivity contribution is 0.286. The van der Waals surface area contributed by atoms with Crippen molar-refractivity contribution >= 4 is 10.2 Å². The van der Waals surface area contributed by atoms with Crippen LogP contribution >= 0.6 is 0 Å². The molecule has 0 amide bonds. The molecule has 0 N–H and O–H groups in total. The smallest absolute Gasteiger partial charge is 0.281 e. The van der Waals surface area contributed by atoms with Crippen molar-refractivity contribution in [3.05, 3.63) is 18.2 Å². The number of rotatable bonds is 6. The Morgan fingerprint density at radius 2 is 1.75 bits per heavy atom. The Hall–Kier alpha value is -0.960. The maximum Gasteiger partial charge on any atom is 0.281 e. The van der Waals surface area contributed by atoms with Gasteiger partial charge < -0.3 is 9.47 Å². The molecule has 1 aromatic heterocycles. The summed E-state index contributed by atoms with van der Waals surface area (Å²) >= 11 is 0. The third-order valence-electron chi connectivity index (χ3n) is 5.07. The Bertz CT molecular complexity index is 629. The van der Waals surface area contributed by atoms with Crippen molar-refractivity contribution in [3.8, 4) is 0 Å². The lowest BCUT2D eigenvalue weighted by Gasteiger charge is -2.33. The van der Waals surface area contributed by atoms with Crippen molar-refractivity contribution in [2.24, 2.45) is 0 Å². The first-order chi connectivity index (χ1) is 11.5. The molecule has 8 heteroatoms. The fourth-order valence-corrected chi connectivity index (χ4v) is 5.32. The molecule has 0 radical (unpaired) electrons. The Labute approximate surface area is 145 Å². The number of nitrogens with zero attached hydrogens (tertiary/aromatic N) is 5. The van der Waals surface area contributed by atoms with Crippen LogP contribution in [-0.4, -0.2) is 78.3 Å².